The Morgan fingerprint density at radius 2 is 1.94 bits per heavy atom. The van der Waals surface area contributed by atoms with E-state index < -0.39 is 0 Å². The molecule has 0 aliphatic carbocycles. The molecule has 0 unspecified atom stereocenters. The molecule has 0 spiro atoms. The van der Waals surface area contributed by atoms with Gasteiger partial charge in [0.15, 0.2) is 5.84 Å². The zero-order valence-electron chi connectivity index (χ0n) is 11.9. The van der Waals surface area contributed by atoms with Gasteiger partial charge >= 0.3 is 0 Å². The van der Waals surface area contributed by atoms with Gasteiger partial charge in [0.1, 0.15) is 0 Å². The molecule has 5 heteroatoms. The molecule has 4 nitrogen and oxygen atoms in total. The molecule has 1 rings (SSSR count). The van der Waals surface area contributed by atoms with Crippen LogP contribution in [0.25, 0.3) is 0 Å². The van der Waals surface area contributed by atoms with Crippen molar-refractivity contribution in [2.75, 3.05) is 25.9 Å². The van der Waals surface area contributed by atoms with Crippen LogP contribution in [0.2, 0.25) is 0 Å². The molecule has 0 aromatic carbocycles. The molecule has 106 valence electrons. The number of thioether (sulfide) groups is 1. The fourth-order valence-corrected chi connectivity index (χ4v) is 3.51. The lowest BCUT2D eigenvalue weighted by molar-refractivity contribution is 0.182. The van der Waals surface area contributed by atoms with Crippen LogP contribution in [0.3, 0.4) is 0 Å². The second-order valence-corrected chi connectivity index (χ2v) is 6.36. The molecule has 1 heterocycles. The Balaban J connectivity index is 2.54. The van der Waals surface area contributed by atoms with Crippen LogP contribution in [0, 0.1) is 5.92 Å². The Morgan fingerprint density at radius 3 is 2.33 bits per heavy atom. The van der Waals surface area contributed by atoms with E-state index in [1.54, 1.807) is 11.8 Å². The van der Waals surface area contributed by atoms with E-state index in [9.17, 15) is 0 Å². The van der Waals surface area contributed by atoms with Gasteiger partial charge in [-0.3, -0.25) is 0 Å². The normalized spacial score (nSPS) is 21.4. The first-order chi connectivity index (χ1) is 8.61. The monoisotopic (exact) mass is 273 g/mol. The van der Waals surface area contributed by atoms with Gasteiger partial charge in [-0.25, -0.2) is 0 Å². The van der Waals surface area contributed by atoms with Crippen molar-refractivity contribution in [3.05, 3.63) is 0 Å². The highest BCUT2D eigenvalue weighted by atomic mass is 32.2. The summed E-state index contributed by atoms with van der Waals surface area (Å²) in [5.74, 6) is 1.19. The van der Waals surface area contributed by atoms with Crippen molar-refractivity contribution < 1.29 is 5.21 Å². The van der Waals surface area contributed by atoms with Crippen molar-refractivity contribution in [2.45, 2.75) is 44.3 Å². The van der Waals surface area contributed by atoms with Gasteiger partial charge in [0.05, 0.1) is 4.75 Å². The van der Waals surface area contributed by atoms with Gasteiger partial charge in [0, 0.05) is 6.54 Å². The average Bonchev–Trinajstić information content (AvgIpc) is 2.44. The number of piperidine rings is 1. The lowest BCUT2D eigenvalue weighted by Gasteiger charge is -2.40. The molecule has 0 aromatic heterocycles. The first-order valence-electron chi connectivity index (χ1n) is 6.87. The molecule has 1 saturated heterocycles. The van der Waals surface area contributed by atoms with Crippen molar-refractivity contribution >= 4 is 17.6 Å². The van der Waals surface area contributed by atoms with Gasteiger partial charge in [-0.2, -0.15) is 11.8 Å². The Labute approximate surface area is 115 Å². The average molecular weight is 273 g/mol. The Hall–Kier alpha value is -0.420. The Morgan fingerprint density at radius 1 is 1.39 bits per heavy atom. The van der Waals surface area contributed by atoms with Gasteiger partial charge in [0.2, 0.25) is 0 Å². The van der Waals surface area contributed by atoms with E-state index in [4.69, 9.17) is 10.9 Å². The fourth-order valence-electron chi connectivity index (χ4n) is 2.66. The van der Waals surface area contributed by atoms with Crippen molar-refractivity contribution in [1.29, 1.82) is 0 Å². The molecule has 3 N–H and O–H groups in total. The SMILES string of the molecule is CCC(CC)CN1CCC(SC)(C(N)=NO)CC1. The lowest BCUT2D eigenvalue weighted by atomic mass is 9.93. The number of likely N-dealkylation sites (tertiary alicyclic amines) is 1. The highest BCUT2D eigenvalue weighted by Gasteiger charge is 2.38. The first-order valence-corrected chi connectivity index (χ1v) is 8.09. The van der Waals surface area contributed by atoms with E-state index in [0.717, 1.165) is 31.8 Å². The summed E-state index contributed by atoms with van der Waals surface area (Å²) in [6, 6.07) is 0. The van der Waals surface area contributed by atoms with Crippen molar-refractivity contribution in [2.24, 2.45) is 16.8 Å². The Kier molecular flexibility index (Phi) is 6.29. The second kappa shape index (κ2) is 7.24. The molecular weight excluding hydrogens is 246 g/mol. The molecule has 1 aliphatic rings. The van der Waals surface area contributed by atoms with Crippen LogP contribution in [0.5, 0.6) is 0 Å². The third kappa shape index (κ3) is 3.54. The van der Waals surface area contributed by atoms with Gasteiger partial charge in [-0.05, 0) is 38.1 Å². The molecule has 0 saturated carbocycles. The molecule has 0 atom stereocenters. The third-order valence-corrected chi connectivity index (χ3v) is 5.70. The van der Waals surface area contributed by atoms with E-state index in [-0.39, 0.29) is 4.75 Å². The smallest absolute Gasteiger partial charge is 0.155 e. The van der Waals surface area contributed by atoms with E-state index in [1.165, 1.54) is 19.4 Å². The topological polar surface area (TPSA) is 61.8 Å². The van der Waals surface area contributed by atoms with Crippen LogP contribution in [-0.4, -0.2) is 46.6 Å². The summed E-state index contributed by atoms with van der Waals surface area (Å²) in [6.45, 7) is 7.82. The fraction of sp³-hybridized carbons (Fsp3) is 0.923. The van der Waals surface area contributed by atoms with Crippen LogP contribution < -0.4 is 5.73 Å². The summed E-state index contributed by atoms with van der Waals surface area (Å²) in [4.78, 5) is 2.52. The second-order valence-electron chi connectivity index (χ2n) is 5.17. The number of rotatable bonds is 6. The lowest BCUT2D eigenvalue weighted by Crippen LogP contribution is -2.50. The van der Waals surface area contributed by atoms with Crippen molar-refractivity contribution in [3.63, 3.8) is 0 Å². The van der Waals surface area contributed by atoms with Crippen LogP contribution >= 0.6 is 11.8 Å². The highest BCUT2D eigenvalue weighted by Crippen LogP contribution is 2.35. The summed E-state index contributed by atoms with van der Waals surface area (Å²) in [5, 5.41) is 12.1. The number of nitrogens with zero attached hydrogens (tertiary/aromatic N) is 2. The minimum Gasteiger partial charge on any atom is -0.409 e. The van der Waals surface area contributed by atoms with E-state index in [2.05, 4.69) is 30.2 Å². The first kappa shape index (κ1) is 15.6. The molecule has 1 aliphatic heterocycles. The molecule has 0 radical (unpaired) electrons. The maximum absolute atomic E-state index is 8.91. The molecule has 0 aromatic rings. The summed E-state index contributed by atoms with van der Waals surface area (Å²) < 4.78 is -0.154. The zero-order valence-corrected chi connectivity index (χ0v) is 12.7. The summed E-state index contributed by atoms with van der Waals surface area (Å²) >= 11 is 1.72. The zero-order chi connectivity index (χ0) is 13.6. The van der Waals surface area contributed by atoms with Gasteiger partial charge in [-0.1, -0.05) is 31.8 Å². The number of hydrogen-bond acceptors (Lipinski definition) is 4. The van der Waals surface area contributed by atoms with Gasteiger partial charge in [0.25, 0.3) is 0 Å². The van der Waals surface area contributed by atoms with Crippen LogP contribution in [-0.2, 0) is 0 Å². The molecule has 0 amide bonds. The molecular formula is C13H27N3OS. The third-order valence-electron chi connectivity index (χ3n) is 4.30. The molecule has 1 fully saturated rings. The largest absolute Gasteiger partial charge is 0.409 e. The van der Waals surface area contributed by atoms with E-state index in [1.807, 2.05) is 0 Å². The van der Waals surface area contributed by atoms with Crippen molar-refractivity contribution in [3.8, 4) is 0 Å². The van der Waals surface area contributed by atoms with Crippen LogP contribution in [0.15, 0.2) is 5.16 Å². The maximum atomic E-state index is 8.91. The van der Waals surface area contributed by atoms with Crippen LogP contribution in [0.1, 0.15) is 39.5 Å². The minimum absolute atomic E-state index is 0.154. The van der Waals surface area contributed by atoms with E-state index in [0.29, 0.717) is 5.84 Å². The summed E-state index contributed by atoms with van der Waals surface area (Å²) in [5.41, 5.74) is 5.85. The quantitative estimate of drug-likeness (QED) is 0.337. The highest BCUT2D eigenvalue weighted by molar-refractivity contribution is 8.00. The maximum Gasteiger partial charge on any atom is 0.155 e. The van der Waals surface area contributed by atoms with Gasteiger partial charge in [-0.15, -0.1) is 0 Å². The Bertz CT molecular complexity index is 271. The molecule has 18 heavy (non-hydrogen) atoms. The summed E-state index contributed by atoms with van der Waals surface area (Å²) in [6.07, 6.45) is 6.50. The number of nitrogens with two attached hydrogens (primary N) is 1. The number of oxime groups is 1. The van der Waals surface area contributed by atoms with Gasteiger partial charge < -0.3 is 15.8 Å². The van der Waals surface area contributed by atoms with Crippen molar-refractivity contribution in [1.82, 2.24) is 4.90 Å². The number of hydrogen-bond donors (Lipinski definition) is 2. The molecule has 0 bridgehead atoms. The minimum atomic E-state index is -0.154. The standard InChI is InChI=1S/C13H27N3OS/c1-4-11(5-2)10-16-8-6-13(18-3,7-9-16)12(14)15-17/h11,17H,4-10H2,1-3H3,(H2,14,15). The predicted molar refractivity (Wildman–Crippen MR) is 79.4 cm³/mol. The van der Waals surface area contributed by atoms with E-state index >= 15 is 0 Å². The van der Waals surface area contributed by atoms with Crippen LogP contribution in [0.4, 0.5) is 0 Å². The number of amidine groups is 1. The predicted octanol–water partition coefficient (Wildman–Crippen LogP) is 2.37. The summed E-state index contributed by atoms with van der Waals surface area (Å²) in [7, 11) is 0.